The second-order valence-corrected chi connectivity index (χ2v) is 8.86. The van der Waals surface area contributed by atoms with E-state index in [1.165, 1.54) is 11.3 Å². The molecule has 30 heavy (non-hydrogen) atoms. The fraction of sp³-hybridized carbons (Fsp3) is 0.333. The molecule has 0 fully saturated rings. The highest BCUT2D eigenvalue weighted by molar-refractivity contribution is 7.23. The highest BCUT2D eigenvalue weighted by Gasteiger charge is 2.22. The molecule has 1 amide bonds. The lowest BCUT2D eigenvalue weighted by molar-refractivity contribution is -0.119. The lowest BCUT2D eigenvalue weighted by Gasteiger charge is -2.21. The third-order valence-corrected chi connectivity index (χ3v) is 6.45. The summed E-state index contributed by atoms with van der Waals surface area (Å²) >= 11 is 7.84. The number of halogens is 1. The van der Waals surface area contributed by atoms with Crippen molar-refractivity contribution in [2.45, 2.75) is 19.9 Å². The molecule has 0 spiro atoms. The second-order valence-electron chi connectivity index (χ2n) is 7.48. The molecule has 0 aliphatic carbocycles. The standard InChI is InChI=1S/C21H23ClN6OS/c1-14-9-10-15(22)20-19(14)23-21(30-20)27(12-6-11-26(2)3)18(29)13-28-17-8-5-4-7-16(17)24-25-28/h4-5,7-10H,6,11-13H2,1-3H3. The number of aryl methyl sites for hydroxylation is 1. The molecule has 0 aliphatic heterocycles. The maximum atomic E-state index is 13.3. The van der Waals surface area contributed by atoms with Gasteiger partial charge in [0.2, 0.25) is 0 Å². The van der Waals surface area contributed by atoms with Crippen molar-refractivity contribution in [3.05, 3.63) is 47.0 Å². The maximum Gasteiger partial charge on any atom is 0.250 e. The Hall–Kier alpha value is -2.55. The highest BCUT2D eigenvalue weighted by Crippen LogP contribution is 2.35. The lowest BCUT2D eigenvalue weighted by atomic mass is 10.2. The second kappa shape index (κ2) is 8.67. The van der Waals surface area contributed by atoms with Crippen molar-refractivity contribution in [2.75, 3.05) is 32.1 Å². The predicted octanol–water partition coefficient (Wildman–Crippen LogP) is 3.99. The van der Waals surface area contributed by atoms with Crippen LogP contribution < -0.4 is 4.90 Å². The minimum atomic E-state index is -0.0720. The smallest absolute Gasteiger partial charge is 0.250 e. The Bertz CT molecular complexity index is 1160. The van der Waals surface area contributed by atoms with E-state index in [1.807, 2.05) is 57.4 Å². The molecule has 2 aromatic carbocycles. The van der Waals surface area contributed by atoms with Crippen LogP contribution in [0.5, 0.6) is 0 Å². The maximum absolute atomic E-state index is 13.3. The molecule has 7 nitrogen and oxygen atoms in total. The first-order valence-electron chi connectivity index (χ1n) is 9.73. The van der Waals surface area contributed by atoms with E-state index in [2.05, 4.69) is 15.2 Å². The van der Waals surface area contributed by atoms with E-state index in [4.69, 9.17) is 16.6 Å². The van der Waals surface area contributed by atoms with Crippen molar-refractivity contribution in [3.63, 3.8) is 0 Å². The summed E-state index contributed by atoms with van der Waals surface area (Å²) in [6.07, 6.45) is 0.833. The predicted molar refractivity (Wildman–Crippen MR) is 122 cm³/mol. The number of hydrogen-bond donors (Lipinski definition) is 0. The van der Waals surface area contributed by atoms with Crippen LogP contribution in [-0.4, -0.2) is 58.0 Å². The number of benzene rings is 2. The van der Waals surface area contributed by atoms with Crippen LogP contribution >= 0.6 is 22.9 Å². The van der Waals surface area contributed by atoms with Crippen LogP contribution in [0.1, 0.15) is 12.0 Å². The van der Waals surface area contributed by atoms with Crippen molar-refractivity contribution in [1.82, 2.24) is 24.9 Å². The first-order valence-corrected chi connectivity index (χ1v) is 10.9. The number of anilines is 1. The third kappa shape index (κ3) is 4.16. The molecule has 0 bridgehead atoms. The van der Waals surface area contributed by atoms with Gasteiger partial charge in [-0.3, -0.25) is 9.69 Å². The number of para-hydroxylation sites is 1. The summed E-state index contributed by atoms with van der Waals surface area (Å²) in [4.78, 5) is 22.0. The molecule has 0 aliphatic rings. The minimum Gasteiger partial charge on any atom is -0.309 e. The van der Waals surface area contributed by atoms with Gasteiger partial charge in [-0.1, -0.05) is 46.4 Å². The van der Waals surface area contributed by atoms with Gasteiger partial charge in [-0.05, 0) is 57.7 Å². The van der Waals surface area contributed by atoms with Crippen molar-refractivity contribution < 1.29 is 4.79 Å². The quantitative estimate of drug-likeness (QED) is 0.433. The fourth-order valence-electron chi connectivity index (χ4n) is 3.33. The van der Waals surface area contributed by atoms with Gasteiger partial charge in [-0.15, -0.1) is 5.10 Å². The summed E-state index contributed by atoms with van der Waals surface area (Å²) in [6, 6.07) is 11.5. The van der Waals surface area contributed by atoms with Crippen molar-refractivity contribution in [3.8, 4) is 0 Å². The number of rotatable bonds is 7. The van der Waals surface area contributed by atoms with Gasteiger partial charge in [0.25, 0.3) is 5.91 Å². The van der Waals surface area contributed by atoms with Crippen LogP contribution in [0.15, 0.2) is 36.4 Å². The van der Waals surface area contributed by atoms with Crippen molar-refractivity contribution in [2.24, 2.45) is 0 Å². The average molecular weight is 443 g/mol. The van der Waals surface area contributed by atoms with Crippen LogP contribution in [0, 0.1) is 6.92 Å². The molecule has 9 heteroatoms. The molecule has 4 rings (SSSR count). The molecule has 0 saturated carbocycles. The van der Waals surface area contributed by atoms with Gasteiger partial charge in [-0.25, -0.2) is 9.67 Å². The number of carbonyl (C=O) groups excluding carboxylic acids is 1. The molecule has 156 valence electrons. The number of amides is 1. The largest absolute Gasteiger partial charge is 0.309 e. The summed E-state index contributed by atoms with van der Waals surface area (Å²) in [5.74, 6) is -0.0720. The van der Waals surface area contributed by atoms with E-state index in [0.29, 0.717) is 16.7 Å². The number of fused-ring (bicyclic) bond motifs is 2. The monoisotopic (exact) mass is 442 g/mol. The number of aromatic nitrogens is 4. The first-order chi connectivity index (χ1) is 14.4. The Labute approximate surface area is 183 Å². The average Bonchev–Trinajstić information content (AvgIpc) is 3.34. The molecular formula is C21H23ClN6OS. The van der Waals surface area contributed by atoms with Gasteiger partial charge >= 0.3 is 0 Å². The SMILES string of the molecule is Cc1ccc(Cl)c2sc(N(CCCN(C)C)C(=O)Cn3nnc4ccccc43)nc12. The van der Waals surface area contributed by atoms with E-state index in [1.54, 1.807) is 9.58 Å². The molecule has 4 aromatic rings. The van der Waals surface area contributed by atoms with Crippen LogP contribution in [-0.2, 0) is 11.3 Å². The Morgan fingerprint density at radius 1 is 1.17 bits per heavy atom. The zero-order valence-corrected chi connectivity index (χ0v) is 18.7. The summed E-state index contributed by atoms with van der Waals surface area (Å²) in [6.45, 7) is 3.55. The zero-order chi connectivity index (χ0) is 21.3. The Morgan fingerprint density at radius 2 is 1.97 bits per heavy atom. The van der Waals surface area contributed by atoms with Crippen LogP contribution in [0.2, 0.25) is 5.02 Å². The van der Waals surface area contributed by atoms with E-state index in [9.17, 15) is 4.79 Å². The normalized spacial score (nSPS) is 11.6. The first kappa shape index (κ1) is 20.7. The highest BCUT2D eigenvalue weighted by atomic mass is 35.5. The lowest BCUT2D eigenvalue weighted by Crippen LogP contribution is -2.36. The molecule has 0 atom stereocenters. The van der Waals surface area contributed by atoms with E-state index >= 15 is 0 Å². The number of thiazole rings is 1. The minimum absolute atomic E-state index is 0.0720. The fourth-order valence-corrected chi connectivity index (χ4v) is 4.69. The molecule has 2 heterocycles. The van der Waals surface area contributed by atoms with E-state index in [0.717, 1.165) is 39.8 Å². The summed E-state index contributed by atoms with van der Waals surface area (Å²) in [7, 11) is 4.04. The van der Waals surface area contributed by atoms with E-state index < -0.39 is 0 Å². The van der Waals surface area contributed by atoms with Crippen molar-refractivity contribution >= 4 is 55.2 Å². The molecule has 0 N–H and O–H groups in total. The Balaban J connectivity index is 1.66. The summed E-state index contributed by atoms with van der Waals surface area (Å²) < 4.78 is 2.55. The van der Waals surface area contributed by atoms with Crippen LogP contribution in [0.25, 0.3) is 21.3 Å². The Morgan fingerprint density at radius 3 is 2.73 bits per heavy atom. The summed E-state index contributed by atoms with van der Waals surface area (Å²) in [5.41, 5.74) is 3.49. The van der Waals surface area contributed by atoms with Crippen LogP contribution in [0.3, 0.4) is 0 Å². The Kier molecular flexibility index (Phi) is 5.99. The number of carbonyl (C=O) groups is 1. The van der Waals surface area contributed by atoms with Gasteiger partial charge in [0, 0.05) is 6.54 Å². The zero-order valence-electron chi connectivity index (χ0n) is 17.2. The van der Waals surface area contributed by atoms with Crippen LogP contribution in [0.4, 0.5) is 5.13 Å². The van der Waals surface area contributed by atoms with Gasteiger partial charge in [-0.2, -0.15) is 0 Å². The molecule has 0 unspecified atom stereocenters. The van der Waals surface area contributed by atoms with E-state index in [-0.39, 0.29) is 12.5 Å². The molecule has 0 radical (unpaired) electrons. The number of hydrogen-bond acceptors (Lipinski definition) is 6. The topological polar surface area (TPSA) is 67.2 Å². The molecular weight excluding hydrogens is 420 g/mol. The number of nitrogens with zero attached hydrogens (tertiary/aromatic N) is 6. The van der Waals surface area contributed by atoms with Crippen molar-refractivity contribution in [1.29, 1.82) is 0 Å². The van der Waals surface area contributed by atoms with Gasteiger partial charge in [0.1, 0.15) is 12.1 Å². The third-order valence-electron chi connectivity index (χ3n) is 4.91. The molecule has 0 saturated heterocycles. The van der Waals surface area contributed by atoms with Gasteiger partial charge < -0.3 is 4.90 Å². The van der Waals surface area contributed by atoms with Gasteiger partial charge in [0.05, 0.1) is 20.8 Å². The van der Waals surface area contributed by atoms with Gasteiger partial charge in [0.15, 0.2) is 5.13 Å². The molecule has 2 aromatic heterocycles. The summed E-state index contributed by atoms with van der Waals surface area (Å²) in [5, 5.41) is 9.63.